The average molecular weight is 250 g/mol. The van der Waals surface area contributed by atoms with Crippen molar-refractivity contribution >= 4 is 5.91 Å². The number of carbonyl (C=O) groups is 1. The van der Waals surface area contributed by atoms with Gasteiger partial charge in [0.1, 0.15) is 0 Å². The normalized spacial score (nSPS) is 18.8. The van der Waals surface area contributed by atoms with E-state index in [9.17, 15) is 4.79 Å². The van der Waals surface area contributed by atoms with Crippen molar-refractivity contribution in [3.05, 3.63) is 24.4 Å². The molecule has 0 aromatic carbocycles. The Morgan fingerprint density at radius 2 is 2.56 bits per heavy atom. The number of aromatic nitrogens is 2. The third kappa shape index (κ3) is 2.76. The molecule has 0 radical (unpaired) electrons. The molecular weight excluding hydrogens is 232 g/mol. The van der Waals surface area contributed by atoms with Crippen molar-refractivity contribution in [2.24, 2.45) is 0 Å². The molecule has 1 aliphatic rings. The third-order valence-electron chi connectivity index (χ3n) is 3.01. The zero-order valence-electron chi connectivity index (χ0n) is 10.6. The molecule has 1 aliphatic heterocycles. The van der Waals surface area contributed by atoms with Gasteiger partial charge in [0.2, 0.25) is 5.89 Å². The predicted molar refractivity (Wildman–Crippen MR) is 66.1 cm³/mol. The lowest BCUT2D eigenvalue weighted by Crippen LogP contribution is -2.28. The lowest BCUT2D eigenvalue weighted by atomic mass is 10.2. The van der Waals surface area contributed by atoms with Gasteiger partial charge < -0.3 is 14.7 Å². The minimum absolute atomic E-state index is 0.0949. The molecule has 6 nitrogen and oxygen atoms in total. The Bertz CT molecular complexity index is 423. The second-order valence-electron chi connectivity index (χ2n) is 4.41. The summed E-state index contributed by atoms with van der Waals surface area (Å²) in [6.07, 6.45) is 4.59. The summed E-state index contributed by atoms with van der Waals surface area (Å²) in [6, 6.07) is 0.0949. The molecule has 1 saturated heterocycles. The van der Waals surface area contributed by atoms with Gasteiger partial charge in [0.05, 0.1) is 6.04 Å². The SMILES string of the molecule is C=CCCN(C)C(=O)c1noc(C2CCCN2)n1. The molecule has 1 fully saturated rings. The lowest BCUT2D eigenvalue weighted by Gasteiger charge is -2.12. The third-order valence-corrected chi connectivity index (χ3v) is 3.01. The van der Waals surface area contributed by atoms with Gasteiger partial charge in [-0.05, 0) is 25.8 Å². The number of rotatable bonds is 5. The molecule has 1 amide bonds. The van der Waals surface area contributed by atoms with Crippen molar-refractivity contribution in [2.75, 3.05) is 20.1 Å². The van der Waals surface area contributed by atoms with E-state index in [2.05, 4.69) is 22.0 Å². The highest BCUT2D eigenvalue weighted by molar-refractivity contribution is 5.90. The van der Waals surface area contributed by atoms with E-state index in [0.29, 0.717) is 12.4 Å². The highest BCUT2D eigenvalue weighted by Gasteiger charge is 2.25. The van der Waals surface area contributed by atoms with Gasteiger partial charge in [0.25, 0.3) is 11.7 Å². The molecule has 6 heteroatoms. The molecule has 2 rings (SSSR count). The van der Waals surface area contributed by atoms with Crippen LogP contribution in [0.2, 0.25) is 0 Å². The van der Waals surface area contributed by atoms with Crippen molar-refractivity contribution in [1.82, 2.24) is 20.4 Å². The van der Waals surface area contributed by atoms with Crippen LogP contribution in [0.25, 0.3) is 0 Å². The van der Waals surface area contributed by atoms with Crippen LogP contribution in [0.1, 0.15) is 41.8 Å². The zero-order valence-corrected chi connectivity index (χ0v) is 10.6. The maximum atomic E-state index is 12.0. The lowest BCUT2D eigenvalue weighted by molar-refractivity contribution is 0.0782. The number of nitrogens with one attached hydrogen (secondary N) is 1. The van der Waals surface area contributed by atoms with E-state index in [1.807, 2.05) is 0 Å². The van der Waals surface area contributed by atoms with Crippen LogP contribution in [0.3, 0.4) is 0 Å². The number of carbonyl (C=O) groups excluding carboxylic acids is 1. The molecule has 18 heavy (non-hydrogen) atoms. The molecule has 2 heterocycles. The first kappa shape index (κ1) is 12.8. The highest BCUT2D eigenvalue weighted by atomic mass is 16.5. The summed E-state index contributed by atoms with van der Waals surface area (Å²) in [5.41, 5.74) is 0. The van der Waals surface area contributed by atoms with Crippen LogP contribution >= 0.6 is 0 Å². The van der Waals surface area contributed by atoms with E-state index < -0.39 is 0 Å². The largest absolute Gasteiger partial charge is 0.339 e. The van der Waals surface area contributed by atoms with E-state index in [4.69, 9.17) is 4.52 Å². The smallest absolute Gasteiger partial charge is 0.295 e. The average Bonchev–Trinajstić information content (AvgIpc) is 3.04. The molecule has 0 saturated carbocycles. The van der Waals surface area contributed by atoms with Gasteiger partial charge in [-0.2, -0.15) is 4.98 Å². The monoisotopic (exact) mass is 250 g/mol. The summed E-state index contributed by atoms with van der Waals surface area (Å²) in [4.78, 5) is 17.7. The Morgan fingerprint density at radius 1 is 1.72 bits per heavy atom. The molecule has 1 N–H and O–H groups in total. The van der Waals surface area contributed by atoms with Gasteiger partial charge in [-0.3, -0.25) is 4.79 Å². The molecule has 1 aromatic rings. The van der Waals surface area contributed by atoms with Crippen LogP contribution in [0.5, 0.6) is 0 Å². The molecule has 1 atom stereocenters. The van der Waals surface area contributed by atoms with Crippen LogP contribution in [0, 0.1) is 0 Å². The van der Waals surface area contributed by atoms with Crippen molar-refractivity contribution in [3.63, 3.8) is 0 Å². The Balaban J connectivity index is 2.00. The zero-order chi connectivity index (χ0) is 13.0. The first-order valence-electron chi connectivity index (χ1n) is 6.15. The summed E-state index contributed by atoms with van der Waals surface area (Å²) in [7, 11) is 1.72. The van der Waals surface area contributed by atoms with Crippen LogP contribution < -0.4 is 5.32 Å². The van der Waals surface area contributed by atoms with Crippen LogP contribution in [0.15, 0.2) is 17.2 Å². The molecule has 0 spiro atoms. The quantitative estimate of drug-likeness (QED) is 0.793. The van der Waals surface area contributed by atoms with Gasteiger partial charge in [-0.15, -0.1) is 6.58 Å². The minimum atomic E-state index is -0.218. The van der Waals surface area contributed by atoms with Gasteiger partial charge in [0.15, 0.2) is 0 Å². The van der Waals surface area contributed by atoms with E-state index in [-0.39, 0.29) is 17.8 Å². The number of hydrogen-bond donors (Lipinski definition) is 1. The predicted octanol–water partition coefficient (Wildman–Crippen LogP) is 1.14. The Kier molecular flexibility index (Phi) is 4.09. The first-order valence-corrected chi connectivity index (χ1v) is 6.15. The van der Waals surface area contributed by atoms with E-state index in [0.717, 1.165) is 25.8 Å². The van der Waals surface area contributed by atoms with Gasteiger partial charge in [0, 0.05) is 13.6 Å². The standard InChI is InChI=1S/C12H18N4O2/c1-3-4-8-16(2)12(17)10-14-11(18-15-10)9-6-5-7-13-9/h3,9,13H,1,4-8H2,2H3. The van der Waals surface area contributed by atoms with Gasteiger partial charge in [-0.25, -0.2) is 0 Å². The Morgan fingerprint density at radius 3 is 3.22 bits per heavy atom. The number of hydrogen-bond acceptors (Lipinski definition) is 5. The van der Waals surface area contributed by atoms with Crippen LogP contribution in [-0.4, -0.2) is 41.1 Å². The Hall–Kier alpha value is -1.69. The molecule has 0 bridgehead atoms. The van der Waals surface area contributed by atoms with Crippen molar-refractivity contribution in [2.45, 2.75) is 25.3 Å². The summed E-state index contributed by atoms with van der Waals surface area (Å²) >= 11 is 0. The van der Waals surface area contributed by atoms with Crippen molar-refractivity contribution in [1.29, 1.82) is 0 Å². The number of nitrogens with zero attached hydrogens (tertiary/aromatic N) is 3. The maximum absolute atomic E-state index is 12.0. The first-order chi connectivity index (χ1) is 8.72. The highest BCUT2D eigenvalue weighted by Crippen LogP contribution is 2.21. The molecule has 0 aliphatic carbocycles. The molecular formula is C12H18N4O2. The van der Waals surface area contributed by atoms with E-state index >= 15 is 0 Å². The van der Waals surface area contributed by atoms with Crippen LogP contribution in [0.4, 0.5) is 0 Å². The topological polar surface area (TPSA) is 71.3 Å². The summed E-state index contributed by atoms with van der Waals surface area (Å²) in [6.45, 7) is 5.18. The van der Waals surface area contributed by atoms with E-state index in [1.165, 1.54) is 0 Å². The van der Waals surface area contributed by atoms with Gasteiger partial charge in [-0.1, -0.05) is 11.2 Å². The second-order valence-corrected chi connectivity index (χ2v) is 4.41. The van der Waals surface area contributed by atoms with Crippen molar-refractivity contribution < 1.29 is 9.32 Å². The maximum Gasteiger partial charge on any atom is 0.295 e. The summed E-state index contributed by atoms with van der Waals surface area (Å²) in [5.74, 6) is 0.420. The van der Waals surface area contributed by atoms with Gasteiger partial charge >= 0.3 is 0 Å². The fourth-order valence-corrected chi connectivity index (χ4v) is 1.92. The Labute approximate surface area is 106 Å². The fourth-order valence-electron chi connectivity index (χ4n) is 1.92. The minimum Gasteiger partial charge on any atom is -0.339 e. The summed E-state index contributed by atoms with van der Waals surface area (Å²) < 4.78 is 5.13. The number of amides is 1. The molecule has 1 aromatic heterocycles. The molecule has 98 valence electrons. The molecule has 1 unspecified atom stereocenters. The van der Waals surface area contributed by atoms with E-state index in [1.54, 1.807) is 18.0 Å². The fraction of sp³-hybridized carbons (Fsp3) is 0.583. The van der Waals surface area contributed by atoms with Crippen molar-refractivity contribution in [3.8, 4) is 0 Å². The second kappa shape index (κ2) is 5.77. The van der Waals surface area contributed by atoms with Crippen LogP contribution in [-0.2, 0) is 0 Å². The summed E-state index contributed by atoms with van der Waals surface area (Å²) in [5, 5.41) is 7.00.